The Morgan fingerprint density at radius 2 is 2.40 bits per heavy atom. The van der Waals surface area contributed by atoms with Gasteiger partial charge in [0.2, 0.25) is 5.78 Å². The van der Waals surface area contributed by atoms with Crippen LogP contribution in [0.5, 0.6) is 0 Å². The lowest BCUT2D eigenvalue weighted by atomic mass is 10.3. The predicted molar refractivity (Wildman–Crippen MR) is 54.0 cm³/mol. The van der Waals surface area contributed by atoms with Gasteiger partial charge in [0.25, 0.3) is 0 Å². The van der Waals surface area contributed by atoms with Crippen molar-refractivity contribution in [1.82, 2.24) is 9.38 Å². The summed E-state index contributed by atoms with van der Waals surface area (Å²) >= 11 is 1.42. The van der Waals surface area contributed by atoms with Crippen LogP contribution in [0.25, 0.3) is 4.83 Å². The van der Waals surface area contributed by atoms with E-state index in [9.17, 15) is 9.59 Å². The number of rotatable bonds is 3. The van der Waals surface area contributed by atoms with Gasteiger partial charge in [-0.15, -0.1) is 11.3 Å². The van der Waals surface area contributed by atoms with Crippen molar-refractivity contribution in [1.29, 1.82) is 0 Å². The third-order valence-corrected chi connectivity index (χ3v) is 2.71. The van der Waals surface area contributed by atoms with Gasteiger partial charge in [0.05, 0.1) is 0 Å². The molecule has 0 atom stereocenters. The Labute approximate surface area is 89.3 Å². The monoisotopic (exact) mass is 224 g/mol. The zero-order valence-corrected chi connectivity index (χ0v) is 8.78. The zero-order valence-electron chi connectivity index (χ0n) is 7.97. The van der Waals surface area contributed by atoms with Crippen LogP contribution in [0.15, 0.2) is 17.9 Å². The van der Waals surface area contributed by atoms with Crippen LogP contribution in [0.3, 0.4) is 0 Å². The molecular weight excluding hydrogens is 216 g/mol. The van der Waals surface area contributed by atoms with Gasteiger partial charge in [-0.25, -0.2) is 4.98 Å². The van der Waals surface area contributed by atoms with E-state index in [4.69, 9.17) is 0 Å². The first-order valence-electron chi connectivity index (χ1n) is 4.25. The number of nitrogens with zero attached hydrogens (tertiary/aromatic N) is 2. The molecule has 0 unspecified atom stereocenters. The fourth-order valence-corrected chi connectivity index (χ4v) is 1.99. The standard InChI is InChI=1S/C9H8N2O3S/c1-6(12)14-4-7(13)8-9-11(5-10-8)2-3-15-9/h2-3,5H,4H2,1H3. The summed E-state index contributed by atoms with van der Waals surface area (Å²) in [5.74, 6) is -0.750. The lowest BCUT2D eigenvalue weighted by Crippen LogP contribution is -2.12. The highest BCUT2D eigenvalue weighted by Gasteiger charge is 2.15. The lowest BCUT2D eigenvalue weighted by molar-refractivity contribution is -0.139. The average molecular weight is 224 g/mol. The van der Waals surface area contributed by atoms with Crippen molar-refractivity contribution in [3.05, 3.63) is 23.6 Å². The molecule has 15 heavy (non-hydrogen) atoms. The number of carbonyl (C=O) groups is 2. The van der Waals surface area contributed by atoms with Gasteiger partial charge in [0, 0.05) is 18.5 Å². The summed E-state index contributed by atoms with van der Waals surface area (Å²) in [6.07, 6.45) is 3.38. The van der Waals surface area contributed by atoms with Gasteiger partial charge in [0.1, 0.15) is 16.9 Å². The van der Waals surface area contributed by atoms with Crippen LogP contribution in [0.4, 0.5) is 0 Å². The summed E-state index contributed by atoms with van der Waals surface area (Å²) in [4.78, 5) is 26.8. The van der Waals surface area contributed by atoms with Gasteiger partial charge >= 0.3 is 5.97 Å². The van der Waals surface area contributed by atoms with E-state index < -0.39 is 5.97 Å². The zero-order chi connectivity index (χ0) is 10.8. The number of aromatic nitrogens is 2. The average Bonchev–Trinajstić information content (AvgIpc) is 2.74. The number of carbonyl (C=O) groups excluding carboxylic acids is 2. The van der Waals surface area contributed by atoms with Crippen molar-refractivity contribution in [3.8, 4) is 0 Å². The third-order valence-electron chi connectivity index (χ3n) is 1.82. The van der Waals surface area contributed by atoms with Crippen LogP contribution in [0.1, 0.15) is 17.4 Å². The number of imidazole rings is 1. The fourth-order valence-electron chi connectivity index (χ4n) is 1.16. The molecule has 0 aliphatic heterocycles. The molecule has 2 heterocycles. The maximum atomic E-state index is 11.6. The summed E-state index contributed by atoms with van der Waals surface area (Å²) in [6, 6.07) is 0. The number of thiazole rings is 1. The van der Waals surface area contributed by atoms with Gasteiger partial charge in [-0.2, -0.15) is 0 Å². The van der Waals surface area contributed by atoms with Crippen molar-refractivity contribution in [2.24, 2.45) is 0 Å². The molecule has 6 heteroatoms. The first kappa shape index (κ1) is 9.85. The van der Waals surface area contributed by atoms with Crippen molar-refractivity contribution in [3.63, 3.8) is 0 Å². The quantitative estimate of drug-likeness (QED) is 0.579. The Kier molecular flexibility index (Phi) is 2.51. The van der Waals surface area contributed by atoms with Crippen LogP contribution in [0.2, 0.25) is 0 Å². The minimum atomic E-state index is -0.468. The molecule has 0 N–H and O–H groups in total. The number of hydrogen-bond acceptors (Lipinski definition) is 5. The Hall–Kier alpha value is -1.69. The summed E-state index contributed by atoms with van der Waals surface area (Å²) in [5, 5.41) is 1.86. The van der Waals surface area contributed by atoms with E-state index in [-0.39, 0.29) is 12.4 Å². The molecule has 0 radical (unpaired) electrons. The molecule has 0 aromatic carbocycles. The van der Waals surface area contributed by atoms with Gasteiger partial charge in [-0.3, -0.25) is 14.0 Å². The van der Waals surface area contributed by atoms with Crippen LogP contribution in [-0.4, -0.2) is 27.7 Å². The van der Waals surface area contributed by atoms with Crippen LogP contribution in [0, 0.1) is 0 Å². The summed E-state index contributed by atoms with van der Waals surface area (Å²) in [6.45, 7) is 1.01. The highest BCUT2D eigenvalue weighted by molar-refractivity contribution is 7.15. The van der Waals surface area contributed by atoms with Gasteiger partial charge in [0.15, 0.2) is 6.61 Å². The molecule has 2 aromatic rings. The number of fused-ring (bicyclic) bond motifs is 1. The minimum absolute atomic E-state index is 0.250. The van der Waals surface area contributed by atoms with Gasteiger partial charge in [-0.05, 0) is 0 Å². The van der Waals surface area contributed by atoms with Crippen LogP contribution < -0.4 is 0 Å². The Morgan fingerprint density at radius 1 is 1.60 bits per heavy atom. The maximum Gasteiger partial charge on any atom is 0.303 e. The van der Waals surface area contributed by atoms with Crippen LogP contribution in [-0.2, 0) is 9.53 Å². The van der Waals surface area contributed by atoms with Crippen molar-refractivity contribution in [2.75, 3.05) is 6.61 Å². The van der Waals surface area contributed by atoms with Crippen LogP contribution >= 0.6 is 11.3 Å². The largest absolute Gasteiger partial charge is 0.457 e. The Morgan fingerprint density at radius 3 is 3.13 bits per heavy atom. The smallest absolute Gasteiger partial charge is 0.303 e. The van der Waals surface area contributed by atoms with Gasteiger partial charge < -0.3 is 4.74 Å². The molecule has 0 amide bonds. The van der Waals surface area contributed by atoms with Crippen molar-refractivity contribution in [2.45, 2.75) is 6.92 Å². The predicted octanol–water partition coefficient (Wildman–Crippen LogP) is 1.14. The SMILES string of the molecule is CC(=O)OCC(=O)c1ncn2ccsc12. The topological polar surface area (TPSA) is 60.7 Å². The van der Waals surface area contributed by atoms with Gasteiger partial charge in [-0.1, -0.05) is 0 Å². The molecule has 2 aromatic heterocycles. The maximum absolute atomic E-state index is 11.6. The summed E-state index contributed by atoms with van der Waals surface area (Å²) in [5.41, 5.74) is 0.353. The molecule has 0 saturated heterocycles. The molecular formula is C9H8N2O3S. The second-order valence-corrected chi connectivity index (χ2v) is 3.81. The first-order chi connectivity index (χ1) is 7.18. The summed E-state index contributed by atoms with van der Waals surface area (Å²) < 4.78 is 6.38. The number of ketones is 1. The molecule has 0 aliphatic carbocycles. The van der Waals surface area contributed by atoms with E-state index in [2.05, 4.69) is 9.72 Å². The summed E-state index contributed by atoms with van der Waals surface area (Å²) in [7, 11) is 0. The second kappa shape index (κ2) is 3.82. The number of esters is 1. The molecule has 78 valence electrons. The van der Waals surface area contributed by atoms with Crippen molar-refractivity contribution < 1.29 is 14.3 Å². The fraction of sp³-hybridized carbons (Fsp3) is 0.222. The van der Waals surface area contributed by atoms with E-state index in [0.29, 0.717) is 5.69 Å². The number of Topliss-reactive ketones (excluding diaryl/α,β-unsaturated/α-hetero) is 1. The minimum Gasteiger partial charge on any atom is -0.457 e. The number of hydrogen-bond donors (Lipinski definition) is 0. The molecule has 0 spiro atoms. The van der Waals surface area contributed by atoms with E-state index in [1.54, 1.807) is 10.7 Å². The number of ether oxygens (including phenoxy) is 1. The molecule has 0 fully saturated rings. The van der Waals surface area contributed by atoms with E-state index >= 15 is 0 Å². The highest BCUT2D eigenvalue weighted by Crippen LogP contribution is 2.16. The Balaban J connectivity index is 2.20. The molecule has 5 nitrogen and oxygen atoms in total. The lowest BCUT2D eigenvalue weighted by Gasteiger charge is -1.97. The Bertz CT molecular complexity index is 514. The highest BCUT2D eigenvalue weighted by atomic mass is 32.1. The van der Waals surface area contributed by atoms with E-state index in [0.717, 1.165) is 4.83 Å². The molecule has 0 aliphatic rings. The normalized spacial score (nSPS) is 10.5. The van der Waals surface area contributed by atoms with E-state index in [1.165, 1.54) is 18.3 Å². The second-order valence-electron chi connectivity index (χ2n) is 2.91. The van der Waals surface area contributed by atoms with E-state index in [1.807, 2.05) is 11.6 Å². The first-order valence-corrected chi connectivity index (χ1v) is 5.13. The third kappa shape index (κ3) is 1.89. The molecule has 2 rings (SSSR count). The molecule has 0 saturated carbocycles. The van der Waals surface area contributed by atoms with Crippen molar-refractivity contribution >= 4 is 27.9 Å². The molecule has 0 bridgehead atoms.